The zero-order chi connectivity index (χ0) is 17.9. The molecular formula is C18H28N6O2+2. The van der Waals surface area contributed by atoms with Crippen molar-refractivity contribution in [2.45, 2.75) is 38.5 Å². The van der Waals surface area contributed by atoms with Gasteiger partial charge in [0.2, 0.25) is 5.91 Å². The van der Waals surface area contributed by atoms with Gasteiger partial charge in [-0.3, -0.25) is 4.79 Å². The van der Waals surface area contributed by atoms with Crippen molar-refractivity contribution >= 4 is 5.91 Å². The summed E-state index contributed by atoms with van der Waals surface area (Å²) in [7, 11) is 2.03. The van der Waals surface area contributed by atoms with Crippen LogP contribution >= 0.6 is 0 Å². The van der Waals surface area contributed by atoms with Gasteiger partial charge in [-0.2, -0.15) is 0 Å². The topological polar surface area (TPSA) is 94.0 Å². The molecule has 3 aliphatic heterocycles. The number of hydrogen-bond donors (Lipinski definition) is 3. The second-order valence-corrected chi connectivity index (χ2v) is 7.54. The van der Waals surface area contributed by atoms with Crippen molar-refractivity contribution in [1.82, 2.24) is 20.3 Å². The third kappa shape index (κ3) is 3.66. The molecule has 0 aromatic carbocycles. The van der Waals surface area contributed by atoms with Crippen LogP contribution in [0.5, 0.6) is 0 Å². The number of amides is 1. The first kappa shape index (κ1) is 17.2. The minimum absolute atomic E-state index is 0.117. The number of nitrogens with one attached hydrogen (secondary N) is 2. The Balaban J connectivity index is 1.32. The molecule has 1 unspecified atom stereocenters. The van der Waals surface area contributed by atoms with Gasteiger partial charge in [0.15, 0.2) is 0 Å². The van der Waals surface area contributed by atoms with Gasteiger partial charge in [-0.05, 0) is 18.1 Å². The van der Waals surface area contributed by atoms with E-state index in [9.17, 15) is 4.79 Å². The first-order valence-electron chi connectivity index (χ1n) is 9.54. The summed E-state index contributed by atoms with van der Waals surface area (Å²) < 4.78 is 7.27. The maximum atomic E-state index is 12.6. The number of fused-ring (bicyclic) bond motifs is 3. The minimum Gasteiger partial charge on any atom is -0.467 e. The summed E-state index contributed by atoms with van der Waals surface area (Å²) in [5.74, 6) is 1.56. The highest BCUT2D eigenvalue weighted by atomic mass is 16.3. The van der Waals surface area contributed by atoms with Gasteiger partial charge in [0.25, 0.3) is 0 Å². The van der Waals surface area contributed by atoms with Gasteiger partial charge in [0, 0.05) is 12.8 Å². The number of nitrogens with two attached hydrogens (primary N) is 1. The van der Waals surface area contributed by atoms with Crippen LogP contribution in [-0.2, 0) is 24.4 Å². The Morgan fingerprint density at radius 1 is 1.54 bits per heavy atom. The smallest absolute Gasteiger partial charge is 0.229 e. The van der Waals surface area contributed by atoms with Gasteiger partial charge in [0.1, 0.15) is 24.0 Å². The maximum Gasteiger partial charge on any atom is 0.229 e. The number of piperidine rings is 3. The predicted octanol–water partition coefficient (Wildman–Crippen LogP) is -1.83. The summed E-state index contributed by atoms with van der Waals surface area (Å²) in [4.78, 5) is 14.2. The number of aromatic nitrogens is 3. The standard InChI is InChI=1S/C18H26N6O2/c1-19-8-14-10-24(22-21-14)11-15-7-13-4-5-23(15)12-17(13)18(25)20-9-16-3-2-6-26-16/h2-3,6,10,13,15,17,19H,4-5,7-9,11-12H2,1H3,(H,20,25)/p+2/t13-,15-,17+/m1/s1. The van der Waals surface area contributed by atoms with Crippen LogP contribution in [0.4, 0.5) is 0 Å². The Morgan fingerprint density at radius 3 is 3.19 bits per heavy atom. The fraction of sp³-hybridized carbons (Fsp3) is 0.611. The molecule has 8 nitrogen and oxygen atoms in total. The lowest BCUT2D eigenvalue weighted by Gasteiger charge is -2.46. The summed E-state index contributed by atoms with van der Waals surface area (Å²) in [6, 6.07) is 4.27. The third-order valence-corrected chi connectivity index (χ3v) is 5.81. The Labute approximate surface area is 152 Å². The predicted molar refractivity (Wildman–Crippen MR) is 92.8 cm³/mol. The largest absolute Gasteiger partial charge is 0.467 e. The highest BCUT2D eigenvalue weighted by Gasteiger charge is 2.46. The van der Waals surface area contributed by atoms with Crippen molar-refractivity contribution in [3.63, 3.8) is 0 Å². The first-order chi connectivity index (χ1) is 12.7. The molecule has 5 rings (SSSR count). The van der Waals surface area contributed by atoms with Crippen molar-refractivity contribution in [2.75, 3.05) is 20.1 Å². The molecule has 0 spiro atoms. The molecule has 3 saturated heterocycles. The lowest BCUT2D eigenvalue weighted by Crippen LogP contribution is -3.20. The van der Waals surface area contributed by atoms with E-state index in [2.05, 4.69) is 27.1 Å². The van der Waals surface area contributed by atoms with Crippen LogP contribution in [0.1, 0.15) is 24.3 Å². The van der Waals surface area contributed by atoms with E-state index < -0.39 is 0 Å². The summed E-state index contributed by atoms with van der Waals surface area (Å²) >= 11 is 0. The molecular weight excluding hydrogens is 332 g/mol. The molecule has 4 atom stereocenters. The quantitative estimate of drug-likeness (QED) is 0.542. The second-order valence-electron chi connectivity index (χ2n) is 7.54. The van der Waals surface area contributed by atoms with Crippen molar-refractivity contribution in [1.29, 1.82) is 0 Å². The number of carbonyl (C=O) groups is 1. The SMILES string of the molecule is C[NH2+]Cc1cn(C[C@H]2C[C@H]3CC[NH+]2C[C@@H]3C(=O)NCc2ccco2)nn1. The van der Waals surface area contributed by atoms with E-state index in [1.807, 2.05) is 23.9 Å². The number of rotatable bonds is 7. The molecule has 8 heteroatoms. The van der Waals surface area contributed by atoms with Crippen molar-refractivity contribution in [2.24, 2.45) is 11.8 Å². The third-order valence-electron chi connectivity index (χ3n) is 5.81. The highest BCUT2D eigenvalue weighted by Crippen LogP contribution is 2.27. The van der Waals surface area contributed by atoms with E-state index in [1.165, 1.54) is 4.90 Å². The molecule has 3 fully saturated rings. The minimum atomic E-state index is 0.117. The molecule has 5 heterocycles. The summed E-state index contributed by atoms with van der Waals surface area (Å²) in [6.07, 6.45) is 5.91. The van der Waals surface area contributed by atoms with E-state index >= 15 is 0 Å². The van der Waals surface area contributed by atoms with Crippen LogP contribution in [0.3, 0.4) is 0 Å². The van der Waals surface area contributed by atoms with Gasteiger partial charge in [-0.25, -0.2) is 4.68 Å². The molecule has 0 saturated carbocycles. The molecule has 2 aromatic rings. The van der Waals surface area contributed by atoms with Crippen molar-refractivity contribution in [3.8, 4) is 0 Å². The fourth-order valence-electron chi connectivity index (χ4n) is 4.49. The number of nitrogens with zero attached hydrogens (tertiary/aromatic N) is 3. The van der Waals surface area contributed by atoms with E-state index in [1.54, 1.807) is 6.26 Å². The Hall–Kier alpha value is -2.19. The van der Waals surface area contributed by atoms with Gasteiger partial charge >= 0.3 is 0 Å². The van der Waals surface area contributed by atoms with Crippen molar-refractivity contribution < 1.29 is 19.4 Å². The Morgan fingerprint density at radius 2 is 2.46 bits per heavy atom. The Bertz CT molecular complexity index is 728. The molecule has 0 aliphatic carbocycles. The summed E-state index contributed by atoms with van der Waals surface area (Å²) in [6.45, 7) is 4.31. The lowest BCUT2D eigenvalue weighted by atomic mass is 9.75. The molecule has 2 aromatic heterocycles. The first-order valence-corrected chi connectivity index (χ1v) is 9.54. The number of quaternary nitrogens is 2. The summed E-state index contributed by atoms with van der Waals surface area (Å²) in [5, 5.41) is 13.6. The number of hydrogen-bond acceptors (Lipinski definition) is 4. The number of carbonyl (C=O) groups excluding carboxylic acids is 1. The average molecular weight is 360 g/mol. The van der Waals surface area contributed by atoms with Crippen LogP contribution < -0.4 is 15.5 Å². The molecule has 1 amide bonds. The van der Waals surface area contributed by atoms with Crippen molar-refractivity contribution in [3.05, 3.63) is 36.0 Å². The molecule has 26 heavy (non-hydrogen) atoms. The van der Waals surface area contributed by atoms with E-state index in [0.29, 0.717) is 18.5 Å². The molecule has 4 N–H and O–H groups in total. The van der Waals surface area contributed by atoms with E-state index in [-0.39, 0.29) is 11.8 Å². The van der Waals surface area contributed by atoms with Crippen LogP contribution in [0.2, 0.25) is 0 Å². The molecule has 0 radical (unpaired) electrons. The maximum absolute atomic E-state index is 12.6. The van der Waals surface area contributed by atoms with Gasteiger partial charge in [-0.15, -0.1) is 5.10 Å². The van der Waals surface area contributed by atoms with Gasteiger partial charge < -0.3 is 20.0 Å². The van der Waals surface area contributed by atoms with Gasteiger partial charge in [-0.1, -0.05) is 5.21 Å². The van der Waals surface area contributed by atoms with E-state index in [0.717, 1.165) is 50.5 Å². The normalized spacial score (nSPS) is 27.6. The van der Waals surface area contributed by atoms with Crippen LogP contribution in [0.25, 0.3) is 0 Å². The van der Waals surface area contributed by atoms with Crippen LogP contribution in [-0.4, -0.2) is 47.1 Å². The summed E-state index contributed by atoms with van der Waals surface area (Å²) in [5.41, 5.74) is 1.02. The lowest BCUT2D eigenvalue weighted by molar-refractivity contribution is -0.945. The second kappa shape index (κ2) is 7.59. The zero-order valence-corrected chi connectivity index (χ0v) is 15.2. The van der Waals surface area contributed by atoms with Gasteiger partial charge in [0.05, 0.1) is 51.6 Å². The molecule has 3 aliphatic rings. The Kier molecular flexibility index (Phi) is 5.03. The average Bonchev–Trinajstić information content (AvgIpc) is 3.33. The van der Waals surface area contributed by atoms with Crippen LogP contribution in [0, 0.1) is 11.8 Å². The zero-order valence-electron chi connectivity index (χ0n) is 15.2. The van der Waals surface area contributed by atoms with Crippen LogP contribution in [0.15, 0.2) is 29.0 Å². The monoisotopic (exact) mass is 360 g/mol. The fourth-order valence-corrected chi connectivity index (χ4v) is 4.49. The van der Waals surface area contributed by atoms with E-state index in [4.69, 9.17) is 4.42 Å². The number of furan rings is 1. The highest BCUT2D eigenvalue weighted by molar-refractivity contribution is 5.79. The molecule has 140 valence electrons. The molecule has 2 bridgehead atoms.